The van der Waals surface area contributed by atoms with Crippen LogP contribution in [0.2, 0.25) is 0 Å². The fourth-order valence-electron chi connectivity index (χ4n) is 2.78. The monoisotopic (exact) mass is 542 g/mol. The summed E-state index contributed by atoms with van der Waals surface area (Å²) in [6.45, 7) is 1.000. The number of benzene rings is 2. The van der Waals surface area contributed by atoms with Gasteiger partial charge in [0, 0.05) is 36.3 Å². The molecule has 2 aromatic carbocycles. The van der Waals surface area contributed by atoms with Crippen LogP contribution in [0.25, 0.3) is 10.1 Å². The van der Waals surface area contributed by atoms with E-state index in [-0.39, 0.29) is 29.5 Å². The number of aliphatic hydroxyl groups excluding tert-OH is 1. The van der Waals surface area contributed by atoms with Gasteiger partial charge in [0.05, 0.1) is 5.56 Å². The molecule has 1 atom stereocenters. The number of aliphatic hydroxyl groups is 1. The number of nitrogens with one attached hydrogen (secondary N) is 3. The van der Waals surface area contributed by atoms with Crippen molar-refractivity contribution in [1.29, 1.82) is 0 Å². The van der Waals surface area contributed by atoms with Gasteiger partial charge in [0.1, 0.15) is 11.9 Å². The van der Waals surface area contributed by atoms with Gasteiger partial charge in [0.15, 0.2) is 5.96 Å². The Balaban J connectivity index is 0.00000320. The number of nitrogens with zero attached hydrogens (tertiary/aromatic N) is 1. The third kappa shape index (κ3) is 6.38. The Labute approximate surface area is 195 Å². The van der Waals surface area contributed by atoms with Gasteiger partial charge in [-0.05, 0) is 29.7 Å². The highest BCUT2D eigenvalue weighted by Gasteiger charge is 2.12. The number of halogens is 2. The second-order valence-corrected chi connectivity index (χ2v) is 7.43. The van der Waals surface area contributed by atoms with E-state index >= 15 is 0 Å². The van der Waals surface area contributed by atoms with E-state index in [4.69, 9.17) is 0 Å². The zero-order valence-corrected chi connectivity index (χ0v) is 19.5. The minimum atomic E-state index is -0.660. The highest BCUT2D eigenvalue weighted by Crippen LogP contribution is 2.29. The summed E-state index contributed by atoms with van der Waals surface area (Å²) < 4.78 is 14.7. The van der Waals surface area contributed by atoms with Crippen LogP contribution in [0, 0.1) is 5.82 Å². The lowest BCUT2D eigenvalue weighted by molar-refractivity contribution is 0.0950. The summed E-state index contributed by atoms with van der Waals surface area (Å²) >= 11 is 1.56. The van der Waals surface area contributed by atoms with E-state index in [1.807, 2.05) is 30.3 Å². The Kier molecular flexibility index (Phi) is 9.47. The average Bonchev–Trinajstić information content (AvgIpc) is 3.17. The molecule has 0 saturated heterocycles. The Morgan fingerprint density at radius 2 is 1.80 bits per heavy atom. The zero-order chi connectivity index (χ0) is 20.6. The Morgan fingerprint density at radius 1 is 1.10 bits per heavy atom. The van der Waals surface area contributed by atoms with E-state index in [2.05, 4.69) is 20.9 Å². The molecule has 0 aliphatic carbocycles. The molecule has 0 aliphatic heterocycles. The number of amides is 1. The van der Waals surface area contributed by atoms with Gasteiger partial charge in [0.25, 0.3) is 5.91 Å². The number of carbonyl (C=O) groups excluding carboxylic acids is 1. The topological polar surface area (TPSA) is 85.8 Å². The van der Waals surface area contributed by atoms with E-state index in [0.29, 0.717) is 25.6 Å². The van der Waals surface area contributed by atoms with Crippen molar-refractivity contribution in [3.05, 3.63) is 70.9 Å². The number of hydrogen-bond acceptors (Lipinski definition) is 4. The van der Waals surface area contributed by atoms with Crippen LogP contribution in [0.5, 0.6) is 0 Å². The first-order valence-electron chi connectivity index (χ1n) is 9.22. The first-order valence-corrected chi connectivity index (χ1v) is 10.0. The summed E-state index contributed by atoms with van der Waals surface area (Å²) in [6, 6.07) is 15.8. The van der Waals surface area contributed by atoms with Crippen LogP contribution in [0.4, 0.5) is 4.39 Å². The maximum Gasteiger partial charge on any atom is 0.254 e. The van der Waals surface area contributed by atoms with Crippen LogP contribution in [0.15, 0.2) is 59.6 Å². The number of fused-ring (bicyclic) bond motifs is 1. The third-order valence-electron chi connectivity index (χ3n) is 4.28. The predicted molar refractivity (Wildman–Crippen MR) is 130 cm³/mol. The number of aliphatic imine (C=N–C) groups is 1. The SMILES string of the molecule is CN=C(NCCNC(=O)c1ccccc1F)NCC(O)c1cc2ccccc2s1.I. The predicted octanol–water partition coefficient (Wildman–Crippen LogP) is 3.29. The Hall–Kier alpha value is -2.24. The van der Waals surface area contributed by atoms with Crippen molar-refractivity contribution in [3.8, 4) is 0 Å². The molecule has 3 aromatic rings. The van der Waals surface area contributed by atoms with Gasteiger partial charge in [-0.1, -0.05) is 30.3 Å². The molecule has 0 aliphatic rings. The van der Waals surface area contributed by atoms with Crippen molar-refractivity contribution in [2.75, 3.05) is 26.7 Å². The van der Waals surface area contributed by atoms with Crippen LogP contribution in [0.3, 0.4) is 0 Å². The molecule has 0 radical (unpaired) electrons. The standard InChI is InChI=1S/C21H23FN4O2S.HI/c1-23-21(25-11-10-24-20(28)15-7-3-4-8-16(15)22)26-13-17(27)19-12-14-6-2-5-9-18(14)29-19;/h2-9,12,17,27H,10-11,13H2,1H3,(H,24,28)(H2,23,25,26);1H. The molecule has 0 bridgehead atoms. The molecule has 3 rings (SSSR count). The number of hydrogen-bond donors (Lipinski definition) is 4. The van der Waals surface area contributed by atoms with Crippen molar-refractivity contribution in [2.24, 2.45) is 4.99 Å². The zero-order valence-electron chi connectivity index (χ0n) is 16.4. The van der Waals surface area contributed by atoms with Gasteiger partial charge in [-0.25, -0.2) is 4.39 Å². The molecule has 1 aromatic heterocycles. The Morgan fingerprint density at radius 3 is 2.53 bits per heavy atom. The summed E-state index contributed by atoms with van der Waals surface area (Å²) in [5.74, 6) is -0.510. The lowest BCUT2D eigenvalue weighted by atomic mass is 10.2. The summed E-state index contributed by atoms with van der Waals surface area (Å²) in [6.07, 6.45) is -0.660. The van der Waals surface area contributed by atoms with Gasteiger partial charge < -0.3 is 21.1 Å². The molecule has 1 amide bonds. The molecule has 0 saturated carbocycles. The fourth-order valence-corrected chi connectivity index (χ4v) is 3.83. The summed E-state index contributed by atoms with van der Waals surface area (Å²) in [4.78, 5) is 16.9. The molecular formula is C21H24FIN4O2S. The summed E-state index contributed by atoms with van der Waals surface area (Å²) in [7, 11) is 1.62. The molecule has 160 valence electrons. The van der Waals surface area contributed by atoms with Crippen LogP contribution in [-0.4, -0.2) is 43.7 Å². The molecular weight excluding hydrogens is 518 g/mol. The molecule has 1 unspecified atom stereocenters. The second kappa shape index (κ2) is 11.8. The first kappa shape index (κ1) is 24.0. The Bertz CT molecular complexity index is 978. The number of rotatable bonds is 7. The van der Waals surface area contributed by atoms with Gasteiger partial charge in [-0.2, -0.15) is 0 Å². The number of carbonyl (C=O) groups is 1. The van der Waals surface area contributed by atoms with Crippen molar-refractivity contribution >= 4 is 57.3 Å². The van der Waals surface area contributed by atoms with Gasteiger partial charge in [0.2, 0.25) is 0 Å². The van der Waals surface area contributed by atoms with Crippen molar-refractivity contribution in [3.63, 3.8) is 0 Å². The molecule has 1 heterocycles. The van der Waals surface area contributed by atoms with Crippen molar-refractivity contribution in [2.45, 2.75) is 6.10 Å². The largest absolute Gasteiger partial charge is 0.386 e. The minimum Gasteiger partial charge on any atom is -0.386 e. The van der Waals surface area contributed by atoms with E-state index in [0.717, 1.165) is 15.0 Å². The number of guanidine groups is 1. The van der Waals surface area contributed by atoms with E-state index in [1.54, 1.807) is 24.5 Å². The average molecular weight is 542 g/mol. The van der Waals surface area contributed by atoms with Gasteiger partial charge >= 0.3 is 0 Å². The summed E-state index contributed by atoms with van der Waals surface area (Å²) in [5, 5.41) is 20.3. The van der Waals surface area contributed by atoms with Gasteiger partial charge in [-0.3, -0.25) is 9.79 Å². The molecule has 0 spiro atoms. The van der Waals surface area contributed by atoms with E-state index < -0.39 is 17.8 Å². The molecule has 30 heavy (non-hydrogen) atoms. The minimum absolute atomic E-state index is 0. The molecule has 4 N–H and O–H groups in total. The van der Waals surface area contributed by atoms with E-state index in [1.165, 1.54) is 18.2 Å². The lowest BCUT2D eigenvalue weighted by Crippen LogP contribution is -2.42. The van der Waals surface area contributed by atoms with Crippen LogP contribution < -0.4 is 16.0 Å². The third-order valence-corrected chi connectivity index (χ3v) is 5.50. The van der Waals surface area contributed by atoms with Crippen LogP contribution in [-0.2, 0) is 0 Å². The number of thiophene rings is 1. The van der Waals surface area contributed by atoms with Crippen LogP contribution >= 0.6 is 35.3 Å². The first-order chi connectivity index (χ1) is 14.1. The maximum absolute atomic E-state index is 13.6. The lowest BCUT2D eigenvalue weighted by Gasteiger charge is -2.15. The highest BCUT2D eigenvalue weighted by atomic mass is 127. The highest BCUT2D eigenvalue weighted by molar-refractivity contribution is 14.0. The van der Waals surface area contributed by atoms with Crippen molar-refractivity contribution in [1.82, 2.24) is 16.0 Å². The molecule has 6 nitrogen and oxygen atoms in total. The normalized spacial score (nSPS) is 12.2. The van der Waals surface area contributed by atoms with Crippen molar-refractivity contribution < 1.29 is 14.3 Å². The molecule has 0 fully saturated rings. The molecule has 9 heteroatoms. The smallest absolute Gasteiger partial charge is 0.254 e. The van der Waals surface area contributed by atoms with E-state index in [9.17, 15) is 14.3 Å². The van der Waals surface area contributed by atoms with Crippen LogP contribution in [0.1, 0.15) is 21.3 Å². The fraction of sp³-hybridized carbons (Fsp3) is 0.238. The van der Waals surface area contributed by atoms with Gasteiger partial charge in [-0.15, -0.1) is 35.3 Å². The second-order valence-electron chi connectivity index (χ2n) is 6.32. The quantitative estimate of drug-likeness (QED) is 0.160. The summed E-state index contributed by atoms with van der Waals surface area (Å²) in [5.41, 5.74) is 0.0152. The maximum atomic E-state index is 13.6.